The number of aromatic nitrogens is 4. The summed E-state index contributed by atoms with van der Waals surface area (Å²) in [6, 6.07) is 6.83. The van der Waals surface area contributed by atoms with Crippen LogP contribution >= 0.6 is 0 Å². The molecule has 6 rings (SSSR count). The minimum absolute atomic E-state index is 0.0799. The third-order valence-electron chi connectivity index (χ3n) is 9.04. The lowest BCUT2D eigenvalue weighted by molar-refractivity contribution is -0.686. The maximum absolute atomic E-state index is 13.2. The number of alkyl halides is 3. The minimum Gasteiger partial charge on any atom is -0.390 e. The summed E-state index contributed by atoms with van der Waals surface area (Å²) in [5, 5.41) is 19.1. The van der Waals surface area contributed by atoms with Gasteiger partial charge in [0.1, 0.15) is 0 Å². The number of piperidine rings is 1. The summed E-state index contributed by atoms with van der Waals surface area (Å²) in [6.07, 6.45) is 4.56. The first-order chi connectivity index (χ1) is 21.3. The Kier molecular flexibility index (Phi) is 8.44. The first-order valence-electron chi connectivity index (χ1n) is 15.1. The van der Waals surface area contributed by atoms with Crippen LogP contribution in [0.1, 0.15) is 41.1 Å². The van der Waals surface area contributed by atoms with Gasteiger partial charge in [-0.2, -0.15) is 27.6 Å². The lowest BCUT2D eigenvalue weighted by Crippen LogP contribution is -2.52. The van der Waals surface area contributed by atoms with E-state index < -0.39 is 27.9 Å². The van der Waals surface area contributed by atoms with Crippen molar-refractivity contribution in [2.75, 3.05) is 51.5 Å². The predicted molar refractivity (Wildman–Crippen MR) is 165 cm³/mol. The highest BCUT2D eigenvalue weighted by molar-refractivity contribution is 7.88. The average molecular weight is 647 g/mol. The highest BCUT2D eigenvalue weighted by Gasteiger charge is 2.33. The molecule has 2 aliphatic rings. The number of rotatable bonds is 8. The highest BCUT2D eigenvalue weighted by Crippen LogP contribution is 2.35. The second-order valence-electron chi connectivity index (χ2n) is 12.3. The van der Waals surface area contributed by atoms with E-state index in [2.05, 4.69) is 33.0 Å². The van der Waals surface area contributed by atoms with Gasteiger partial charge in [-0.25, -0.2) is 8.42 Å². The number of benzene rings is 1. The van der Waals surface area contributed by atoms with Crippen molar-refractivity contribution in [1.82, 2.24) is 24.0 Å². The molecule has 1 fully saturated rings. The summed E-state index contributed by atoms with van der Waals surface area (Å²) in [4.78, 5) is 5.66. The summed E-state index contributed by atoms with van der Waals surface area (Å²) in [5.74, 6) is 0.410. The molecule has 2 aliphatic heterocycles. The van der Waals surface area contributed by atoms with Crippen LogP contribution in [0.3, 0.4) is 0 Å². The van der Waals surface area contributed by atoms with Gasteiger partial charge in [0, 0.05) is 55.1 Å². The number of β-amino-alcohol motifs (C(OH)–C–C–N with tert-alkyl or cyclic N) is 1. The van der Waals surface area contributed by atoms with E-state index in [1.54, 1.807) is 4.68 Å². The van der Waals surface area contributed by atoms with E-state index >= 15 is 0 Å². The summed E-state index contributed by atoms with van der Waals surface area (Å²) in [7, 11) is 0.522. The van der Waals surface area contributed by atoms with Crippen molar-refractivity contribution < 1.29 is 31.4 Å². The van der Waals surface area contributed by atoms with Crippen LogP contribution in [0, 0.1) is 0 Å². The molecule has 1 unspecified atom stereocenters. The zero-order valence-electron chi connectivity index (χ0n) is 25.6. The molecule has 10 nitrogen and oxygen atoms in total. The summed E-state index contributed by atoms with van der Waals surface area (Å²) in [6.45, 7) is 2.70. The maximum Gasteiger partial charge on any atom is 0.416 e. The lowest BCUT2D eigenvalue weighted by Gasteiger charge is -2.33. The molecule has 242 valence electrons. The molecule has 0 saturated carbocycles. The lowest BCUT2D eigenvalue weighted by atomic mass is 9.89. The largest absolute Gasteiger partial charge is 0.416 e. The Hall–Kier alpha value is -3.46. The second-order valence-corrected chi connectivity index (χ2v) is 14.3. The summed E-state index contributed by atoms with van der Waals surface area (Å²) < 4.78 is 69.3. The summed E-state index contributed by atoms with van der Waals surface area (Å²) in [5.41, 5.74) is 4.03. The molecule has 1 aromatic carbocycles. The van der Waals surface area contributed by atoms with Crippen LogP contribution in [0.4, 0.5) is 13.2 Å². The van der Waals surface area contributed by atoms with Gasteiger partial charge in [-0.15, -0.1) is 0 Å². The number of hydrogen-bond acceptors (Lipinski definition) is 6. The molecule has 1 saturated heterocycles. The zero-order valence-corrected chi connectivity index (χ0v) is 26.4. The van der Waals surface area contributed by atoms with E-state index in [9.17, 15) is 26.7 Å². The van der Waals surface area contributed by atoms with Crippen LogP contribution in [0.15, 0.2) is 48.9 Å². The van der Waals surface area contributed by atoms with Crippen LogP contribution in [-0.2, 0) is 35.7 Å². The van der Waals surface area contributed by atoms with Gasteiger partial charge in [0.15, 0.2) is 0 Å². The second kappa shape index (κ2) is 12.0. The molecule has 1 atom stereocenters. The Balaban J connectivity index is 1.15. The topological polar surface area (TPSA) is 102 Å². The quantitative estimate of drug-likeness (QED) is 0.286. The highest BCUT2D eigenvalue weighted by atomic mass is 32.2. The Morgan fingerprint density at radius 1 is 1.11 bits per heavy atom. The number of aromatic amines is 1. The van der Waals surface area contributed by atoms with Crippen LogP contribution in [0.5, 0.6) is 0 Å². The van der Waals surface area contributed by atoms with E-state index in [0.29, 0.717) is 35.7 Å². The Labute approximate surface area is 260 Å². The van der Waals surface area contributed by atoms with E-state index in [-0.39, 0.29) is 19.6 Å². The Morgan fingerprint density at radius 3 is 2.47 bits per heavy atom. The number of likely N-dealkylation sites (tertiary alicyclic amines) is 1. The maximum atomic E-state index is 13.2. The molecule has 45 heavy (non-hydrogen) atoms. The number of aliphatic hydroxyl groups excluding tert-OH is 1. The van der Waals surface area contributed by atoms with Gasteiger partial charge in [-0.05, 0) is 49.5 Å². The van der Waals surface area contributed by atoms with Crippen molar-refractivity contribution in [3.05, 3.63) is 71.3 Å². The van der Waals surface area contributed by atoms with Crippen LogP contribution in [0.2, 0.25) is 0 Å². The van der Waals surface area contributed by atoms with Gasteiger partial charge in [-0.1, -0.05) is 16.8 Å². The Bertz CT molecular complexity index is 1780. The van der Waals surface area contributed by atoms with E-state index in [1.807, 2.05) is 25.3 Å². The van der Waals surface area contributed by atoms with Gasteiger partial charge in [0.2, 0.25) is 22.4 Å². The number of H-pyrrole nitrogens is 1. The molecule has 2 N–H and O–H groups in total. The zero-order chi connectivity index (χ0) is 32.1. The van der Waals surface area contributed by atoms with Crippen molar-refractivity contribution in [2.45, 2.75) is 50.6 Å². The molecule has 4 aromatic rings. The van der Waals surface area contributed by atoms with Crippen molar-refractivity contribution in [3.8, 4) is 11.3 Å². The number of aliphatic hydroxyl groups is 1. The third-order valence-corrected chi connectivity index (χ3v) is 10.3. The molecule has 14 heteroatoms. The third kappa shape index (κ3) is 6.60. The SMILES string of the molecule is CN(C)[n+]1ccc2[nH]cc(C3CCN(CC(O)Cn4nc(-c5ccc(C(F)(F)F)cc5)c5c4CCN(S(C)(=O)=O)C5)CC3)c2c1. The minimum atomic E-state index is -4.47. The van der Waals surface area contributed by atoms with Gasteiger partial charge in [0.25, 0.3) is 0 Å². The van der Waals surface area contributed by atoms with Gasteiger partial charge in [0.05, 0.1) is 55.2 Å². The van der Waals surface area contributed by atoms with Crippen molar-refractivity contribution in [2.24, 2.45) is 0 Å². The van der Waals surface area contributed by atoms with Crippen LogP contribution < -0.4 is 9.69 Å². The number of sulfonamides is 1. The van der Waals surface area contributed by atoms with Crippen LogP contribution in [0.25, 0.3) is 22.2 Å². The number of hydrogen-bond donors (Lipinski definition) is 2. The normalized spacial score (nSPS) is 17.9. The summed E-state index contributed by atoms with van der Waals surface area (Å²) >= 11 is 0. The standard InChI is InChI=1S/C31H38F3N7O3S/c1-37(2)39-14-10-28-26(19-39)25(16-35-28)21-8-12-38(13-9-21)17-24(42)18-41-29-11-15-40(45(3,43)44)20-27(29)30(36-41)22-4-6-23(7-5-22)31(32,33)34/h4-7,10,14,16,19,21,24,42H,8-9,11-13,15,17-18,20H2,1-3H3/p+1. The average Bonchev–Trinajstić information content (AvgIpc) is 3.57. The molecule has 0 spiro atoms. The number of halogens is 3. The van der Waals surface area contributed by atoms with Crippen molar-refractivity contribution >= 4 is 20.9 Å². The van der Waals surface area contributed by atoms with Gasteiger partial charge < -0.3 is 15.0 Å². The molecular weight excluding hydrogens is 607 g/mol. The fourth-order valence-corrected chi connectivity index (χ4v) is 7.38. The van der Waals surface area contributed by atoms with Gasteiger partial charge in [-0.3, -0.25) is 4.68 Å². The smallest absolute Gasteiger partial charge is 0.390 e. The number of fused-ring (bicyclic) bond motifs is 2. The molecule has 3 aromatic heterocycles. The first kappa shape index (κ1) is 31.5. The predicted octanol–water partition coefficient (Wildman–Crippen LogP) is 3.09. The molecule has 0 aliphatic carbocycles. The first-order valence-corrected chi connectivity index (χ1v) is 16.9. The molecule has 0 amide bonds. The molecule has 0 bridgehead atoms. The fraction of sp³-hybridized carbons (Fsp3) is 0.484. The van der Waals surface area contributed by atoms with E-state index in [0.717, 1.165) is 55.5 Å². The fourth-order valence-electron chi connectivity index (χ4n) is 6.59. The number of pyridine rings is 1. The number of nitrogens with zero attached hydrogens (tertiary/aromatic N) is 6. The number of nitrogens with one attached hydrogen (secondary N) is 1. The monoisotopic (exact) mass is 646 g/mol. The Morgan fingerprint density at radius 2 is 1.82 bits per heavy atom. The van der Waals surface area contributed by atoms with Crippen molar-refractivity contribution in [1.29, 1.82) is 0 Å². The van der Waals surface area contributed by atoms with Crippen molar-refractivity contribution in [3.63, 3.8) is 0 Å². The molecule has 0 radical (unpaired) electrons. The molecular formula is C31H39F3N7O3S+. The van der Waals surface area contributed by atoms with E-state index in [4.69, 9.17) is 5.10 Å². The van der Waals surface area contributed by atoms with Crippen LogP contribution in [-0.4, -0.2) is 90.1 Å². The van der Waals surface area contributed by atoms with E-state index in [1.165, 1.54) is 27.4 Å². The van der Waals surface area contributed by atoms with Gasteiger partial charge >= 0.3 is 6.18 Å². The molecule has 5 heterocycles.